The van der Waals surface area contributed by atoms with E-state index in [0.717, 1.165) is 31.6 Å². The Balaban J connectivity index is 1.68. The van der Waals surface area contributed by atoms with Crippen LogP contribution in [0.5, 0.6) is 0 Å². The highest BCUT2D eigenvalue weighted by Gasteiger charge is 2.35. The van der Waals surface area contributed by atoms with E-state index in [1.54, 1.807) is 7.11 Å². The highest BCUT2D eigenvalue weighted by atomic mass is 16.5. The molecule has 28 heavy (non-hydrogen) atoms. The SMILES string of the molecule is COCCCN(C[C@@H]1CCCN2CCCC[C@@H]12)C(=O)c1cc(CC(C)C)[nH]n1. The molecule has 2 aliphatic heterocycles. The summed E-state index contributed by atoms with van der Waals surface area (Å²) < 4.78 is 5.23. The summed E-state index contributed by atoms with van der Waals surface area (Å²) in [5, 5.41) is 7.39. The van der Waals surface area contributed by atoms with Crippen LogP contribution in [0.2, 0.25) is 0 Å². The minimum Gasteiger partial charge on any atom is -0.385 e. The Kier molecular flexibility index (Phi) is 7.91. The van der Waals surface area contributed by atoms with Crippen LogP contribution >= 0.6 is 0 Å². The summed E-state index contributed by atoms with van der Waals surface area (Å²) in [5.74, 6) is 1.19. The lowest BCUT2D eigenvalue weighted by Gasteiger charge is -2.45. The van der Waals surface area contributed by atoms with Gasteiger partial charge in [0.1, 0.15) is 5.69 Å². The van der Waals surface area contributed by atoms with Crippen molar-refractivity contribution in [2.75, 3.05) is 39.9 Å². The topological polar surface area (TPSA) is 61.5 Å². The van der Waals surface area contributed by atoms with Gasteiger partial charge in [0.25, 0.3) is 5.91 Å². The number of fused-ring (bicyclic) bond motifs is 1. The molecule has 6 heteroatoms. The average Bonchev–Trinajstić information content (AvgIpc) is 3.14. The van der Waals surface area contributed by atoms with Crippen molar-refractivity contribution in [3.05, 3.63) is 17.5 Å². The Labute approximate surface area is 170 Å². The molecule has 0 aliphatic carbocycles. The van der Waals surface area contributed by atoms with Crippen molar-refractivity contribution in [2.24, 2.45) is 11.8 Å². The van der Waals surface area contributed by atoms with Crippen LogP contribution in [0.4, 0.5) is 0 Å². The summed E-state index contributed by atoms with van der Waals surface area (Å²) in [6.45, 7) is 9.09. The maximum absolute atomic E-state index is 13.3. The van der Waals surface area contributed by atoms with Gasteiger partial charge in [-0.25, -0.2) is 0 Å². The lowest BCUT2D eigenvalue weighted by molar-refractivity contribution is 0.0344. The van der Waals surface area contributed by atoms with E-state index in [1.807, 2.05) is 11.0 Å². The number of aromatic nitrogens is 2. The molecule has 6 nitrogen and oxygen atoms in total. The highest BCUT2D eigenvalue weighted by Crippen LogP contribution is 2.31. The predicted molar refractivity (Wildman–Crippen MR) is 111 cm³/mol. The number of amides is 1. The molecule has 2 aliphatic rings. The number of H-pyrrole nitrogens is 1. The first-order valence-corrected chi connectivity index (χ1v) is 11.1. The molecule has 1 aromatic rings. The fourth-order valence-corrected chi connectivity index (χ4v) is 4.93. The molecular weight excluding hydrogens is 352 g/mol. The number of piperidine rings is 2. The lowest BCUT2D eigenvalue weighted by Crippen LogP contribution is -2.51. The van der Waals surface area contributed by atoms with Gasteiger partial charge in [-0.3, -0.25) is 9.89 Å². The third-order valence-electron chi connectivity index (χ3n) is 6.23. The van der Waals surface area contributed by atoms with E-state index in [1.165, 1.54) is 45.2 Å². The zero-order valence-corrected chi connectivity index (χ0v) is 18.0. The standard InChI is InChI=1S/C22H38N4O2/c1-17(2)14-19-15-20(24-23-19)22(27)26(12-7-13-28-3)16-18-8-6-11-25-10-5-4-9-21(18)25/h15,17-18,21H,4-14,16H2,1-3H3,(H,23,24)/t18-,21-/m0/s1. The first-order valence-electron chi connectivity index (χ1n) is 11.1. The number of carbonyl (C=O) groups is 1. The van der Waals surface area contributed by atoms with Gasteiger partial charge in [0, 0.05) is 38.5 Å². The minimum absolute atomic E-state index is 0.0651. The van der Waals surface area contributed by atoms with Crippen molar-refractivity contribution in [1.29, 1.82) is 0 Å². The Morgan fingerprint density at radius 3 is 2.93 bits per heavy atom. The van der Waals surface area contributed by atoms with Crippen molar-refractivity contribution in [1.82, 2.24) is 20.0 Å². The van der Waals surface area contributed by atoms with E-state index in [4.69, 9.17) is 4.74 Å². The first-order chi connectivity index (χ1) is 13.6. The van der Waals surface area contributed by atoms with E-state index >= 15 is 0 Å². The fourth-order valence-electron chi connectivity index (χ4n) is 4.93. The van der Waals surface area contributed by atoms with Crippen LogP contribution in [-0.4, -0.2) is 71.8 Å². The zero-order chi connectivity index (χ0) is 19.9. The third-order valence-corrected chi connectivity index (χ3v) is 6.23. The second-order valence-corrected chi connectivity index (χ2v) is 8.98. The third kappa shape index (κ3) is 5.57. The van der Waals surface area contributed by atoms with Gasteiger partial charge in [-0.05, 0) is 69.5 Å². The summed E-state index contributed by atoms with van der Waals surface area (Å²) >= 11 is 0. The van der Waals surface area contributed by atoms with Gasteiger partial charge in [0.15, 0.2) is 0 Å². The fraction of sp³-hybridized carbons (Fsp3) is 0.818. The Morgan fingerprint density at radius 2 is 2.14 bits per heavy atom. The average molecular weight is 391 g/mol. The van der Waals surface area contributed by atoms with Crippen LogP contribution in [-0.2, 0) is 11.2 Å². The summed E-state index contributed by atoms with van der Waals surface area (Å²) in [6.07, 6.45) is 8.21. The maximum Gasteiger partial charge on any atom is 0.274 e. The van der Waals surface area contributed by atoms with Crippen LogP contribution < -0.4 is 0 Å². The molecule has 1 N–H and O–H groups in total. The summed E-state index contributed by atoms with van der Waals surface area (Å²) in [4.78, 5) is 18.0. The van der Waals surface area contributed by atoms with Gasteiger partial charge in [-0.1, -0.05) is 20.3 Å². The number of nitrogens with zero attached hydrogens (tertiary/aromatic N) is 3. The molecule has 3 rings (SSSR count). The highest BCUT2D eigenvalue weighted by molar-refractivity contribution is 5.92. The maximum atomic E-state index is 13.3. The molecule has 2 atom stereocenters. The van der Waals surface area contributed by atoms with Crippen LogP contribution in [0.1, 0.15) is 68.6 Å². The van der Waals surface area contributed by atoms with E-state index in [9.17, 15) is 4.79 Å². The minimum atomic E-state index is 0.0651. The Morgan fingerprint density at radius 1 is 1.32 bits per heavy atom. The van der Waals surface area contributed by atoms with Crippen molar-refractivity contribution in [3.63, 3.8) is 0 Å². The van der Waals surface area contributed by atoms with E-state index in [-0.39, 0.29) is 5.91 Å². The van der Waals surface area contributed by atoms with Crippen LogP contribution in [0.15, 0.2) is 6.07 Å². The molecular formula is C22H38N4O2. The van der Waals surface area contributed by atoms with E-state index < -0.39 is 0 Å². The smallest absolute Gasteiger partial charge is 0.274 e. The number of carbonyl (C=O) groups excluding carboxylic acids is 1. The molecule has 1 amide bonds. The van der Waals surface area contributed by atoms with E-state index in [2.05, 4.69) is 28.9 Å². The molecule has 2 fully saturated rings. The summed E-state index contributed by atoms with van der Waals surface area (Å²) in [5.41, 5.74) is 1.61. The Bertz CT molecular complexity index is 613. The molecule has 0 saturated carbocycles. The molecule has 158 valence electrons. The quantitative estimate of drug-likeness (QED) is 0.657. The second-order valence-electron chi connectivity index (χ2n) is 8.98. The summed E-state index contributed by atoms with van der Waals surface area (Å²) in [6, 6.07) is 2.59. The van der Waals surface area contributed by atoms with Crippen molar-refractivity contribution >= 4 is 5.91 Å². The molecule has 0 bridgehead atoms. The molecule has 0 unspecified atom stereocenters. The van der Waals surface area contributed by atoms with Crippen LogP contribution in [0.3, 0.4) is 0 Å². The molecule has 2 saturated heterocycles. The number of nitrogens with one attached hydrogen (secondary N) is 1. The van der Waals surface area contributed by atoms with Crippen LogP contribution in [0, 0.1) is 11.8 Å². The molecule has 3 heterocycles. The number of methoxy groups -OCH3 is 1. The first kappa shape index (κ1) is 21.3. The number of aromatic amines is 1. The Hall–Kier alpha value is -1.40. The van der Waals surface area contributed by atoms with E-state index in [0.29, 0.717) is 30.2 Å². The normalized spacial score (nSPS) is 23.0. The van der Waals surface area contributed by atoms with Crippen molar-refractivity contribution in [2.45, 2.75) is 64.8 Å². The van der Waals surface area contributed by atoms with Gasteiger partial charge in [-0.2, -0.15) is 5.10 Å². The number of rotatable bonds is 9. The largest absolute Gasteiger partial charge is 0.385 e. The molecule has 1 aromatic heterocycles. The van der Waals surface area contributed by atoms with Gasteiger partial charge in [0.2, 0.25) is 0 Å². The van der Waals surface area contributed by atoms with Gasteiger partial charge < -0.3 is 14.5 Å². The van der Waals surface area contributed by atoms with Crippen molar-refractivity contribution < 1.29 is 9.53 Å². The second kappa shape index (κ2) is 10.4. The lowest BCUT2D eigenvalue weighted by atomic mass is 9.83. The number of hydrogen-bond acceptors (Lipinski definition) is 4. The number of ether oxygens (including phenoxy) is 1. The van der Waals surface area contributed by atoms with Crippen molar-refractivity contribution in [3.8, 4) is 0 Å². The van der Waals surface area contributed by atoms with Crippen LogP contribution in [0.25, 0.3) is 0 Å². The van der Waals surface area contributed by atoms with Gasteiger partial charge in [-0.15, -0.1) is 0 Å². The summed E-state index contributed by atoms with van der Waals surface area (Å²) in [7, 11) is 1.72. The predicted octanol–water partition coefficient (Wildman–Crippen LogP) is 3.35. The molecule has 0 spiro atoms. The van der Waals surface area contributed by atoms with Gasteiger partial charge >= 0.3 is 0 Å². The monoisotopic (exact) mass is 390 g/mol. The van der Waals surface area contributed by atoms with Gasteiger partial charge in [0.05, 0.1) is 0 Å². The molecule has 0 radical (unpaired) electrons. The zero-order valence-electron chi connectivity index (χ0n) is 18.0. The molecule has 0 aromatic carbocycles. The number of hydrogen-bond donors (Lipinski definition) is 1.